The number of hydrogen-bond donors (Lipinski definition) is 1. The molecule has 64 valence electrons. The summed E-state index contributed by atoms with van der Waals surface area (Å²) < 4.78 is 5.05. The Balaban J connectivity index is 2.51. The van der Waals surface area contributed by atoms with Gasteiger partial charge in [0.15, 0.2) is 0 Å². The van der Waals surface area contributed by atoms with Gasteiger partial charge in [-0.05, 0) is 6.54 Å². The minimum atomic E-state index is -0.786. The lowest BCUT2D eigenvalue weighted by atomic mass is 10.2. The first kappa shape index (κ1) is 8.49. The van der Waals surface area contributed by atoms with Crippen molar-refractivity contribution in [1.29, 1.82) is 0 Å². The molecule has 1 heterocycles. The maximum absolute atomic E-state index is 10.6. The van der Waals surface area contributed by atoms with Crippen LogP contribution >= 0.6 is 0 Å². The van der Waals surface area contributed by atoms with E-state index in [4.69, 9.17) is 9.84 Å². The number of carboxylic acid groups (broad SMARTS) is 1. The predicted molar refractivity (Wildman–Crippen MR) is 39.5 cm³/mol. The third-order valence-electron chi connectivity index (χ3n) is 1.93. The molecule has 1 aliphatic heterocycles. The van der Waals surface area contributed by atoms with Gasteiger partial charge in [0.05, 0.1) is 13.2 Å². The summed E-state index contributed by atoms with van der Waals surface area (Å²) in [5.41, 5.74) is 0. The highest BCUT2D eigenvalue weighted by atomic mass is 16.5. The van der Waals surface area contributed by atoms with Crippen molar-refractivity contribution in [1.82, 2.24) is 4.90 Å². The van der Waals surface area contributed by atoms with Gasteiger partial charge in [0.1, 0.15) is 6.04 Å². The number of aliphatic carboxylic acids is 1. The number of ether oxygens (including phenoxy) is 1. The van der Waals surface area contributed by atoms with E-state index in [0.717, 1.165) is 13.1 Å². The van der Waals surface area contributed by atoms with E-state index < -0.39 is 12.0 Å². The van der Waals surface area contributed by atoms with Crippen molar-refractivity contribution >= 4 is 5.97 Å². The number of nitrogens with zero attached hydrogens (tertiary/aromatic N) is 1. The van der Waals surface area contributed by atoms with Gasteiger partial charge in [-0.2, -0.15) is 0 Å². The second kappa shape index (κ2) is 3.69. The molecule has 1 fully saturated rings. The second-order valence-electron chi connectivity index (χ2n) is 2.56. The minimum Gasteiger partial charge on any atom is -0.480 e. The Hall–Kier alpha value is -0.610. The molecular formula is C7H13NO3. The van der Waals surface area contributed by atoms with Gasteiger partial charge in [-0.3, -0.25) is 9.69 Å². The molecule has 4 heteroatoms. The van der Waals surface area contributed by atoms with Crippen molar-refractivity contribution in [2.75, 3.05) is 26.3 Å². The van der Waals surface area contributed by atoms with Crippen molar-refractivity contribution in [3.8, 4) is 0 Å². The Kier molecular flexibility index (Phi) is 2.84. The van der Waals surface area contributed by atoms with E-state index >= 15 is 0 Å². The van der Waals surface area contributed by atoms with Gasteiger partial charge in [-0.1, -0.05) is 6.92 Å². The first-order valence-electron chi connectivity index (χ1n) is 3.80. The predicted octanol–water partition coefficient (Wildman–Crippen LogP) is -0.208. The van der Waals surface area contributed by atoms with Crippen LogP contribution in [0.3, 0.4) is 0 Å². The number of morpholine rings is 1. The van der Waals surface area contributed by atoms with Gasteiger partial charge in [0, 0.05) is 6.54 Å². The zero-order valence-corrected chi connectivity index (χ0v) is 6.62. The van der Waals surface area contributed by atoms with E-state index in [1.165, 1.54) is 0 Å². The minimum absolute atomic E-state index is 0.323. The number of likely N-dealkylation sites (N-methyl/N-ethyl adjacent to an activating group) is 1. The maximum Gasteiger partial charge on any atom is 0.323 e. The van der Waals surface area contributed by atoms with Crippen molar-refractivity contribution < 1.29 is 14.6 Å². The van der Waals surface area contributed by atoms with E-state index in [1.807, 2.05) is 11.8 Å². The van der Waals surface area contributed by atoms with Gasteiger partial charge in [-0.15, -0.1) is 0 Å². The van der Waals surface area contributed by atoms with Crippen molar-refractivity contribution in [3.05, 3.63) is 0 Å². The van der Waals surface area contributed by atoms with Crippen molar-refractivity contribution in [3.63, 3.8) is 0 Å². The summed E-state index contributed by atoms with van der Waals surface area (Å²) in [6, 6.07) is -0.436. The molecule has 0 bridgehead atoms. The fraction of sp³-hybridized carbons (Fsp3) is 0.857. The highest BCUT2D eigenvalue weighted by molar-refractivity contribution is 5.73. The molecular weight excluding hydrogens is 146 g/mol. The van der Waals surface area contributed by atoms with E-state index in [1.54, 1.807) is 0 Å². The summed E-state index contributed by atoms with van der Waals surface area (Å²) in [7, 11) is 0. The number of carboxylic acids is 1. The summed E-state index contributed by atoms with van der Waals surface area (Å²) in [5.74, 6) is -0.786. The van der Waals surface area contributed by atoms with Crippen LogP contribution in [0.1, 0.15) is 6.92 Å². The quantitative estimate of drug-likeness (QED) is 0.605. The lowest BCUT2D eigenvalue weighted by Crippen LogP contribution is -2.49. The van der Waals surface area contributed by atoms with Gasteiger partial charge in [0.25, 0.3) is 0 Å². The average molecular weight is 159 g/mol. The summed E-state index contributed by atoms with van der Waals surface area (Å²) in [5, 5.41) is 8.72. The second-order valence-corrected chi connectivity index (χ2v) is 2.56. The lowest BCUT2D eigenvalue weighted by molar-refractivity contribution is -0.149. The van der Waals surface area contributed by atoms with Crippen molar-refractivity contribution in [2.45, 2.75) is 13.0 Å². The van der Waals surface area contributed by atoms with E-state index in [-0.39, 0.29) is 0 Å². The van der Waals surface area contributed by atoms with Crippen LogP contribution in [0.25, 0.3) is 0 Å². The Morgan fingerprint density at radius 3 is 3.00 bits per heavy atom. The molecule has 1 atom stereocenters. The first-order valence-corrected chi connectivity index (χ1v) is 3.80. The molecule has 1 unspecified atom stereocenters. The average Bonchev–Trinajstić information content (AvgIpc) is 2.04. The van der Waals surface area contributed by atoms with Crippen molar-refractivity contribution in [2.24, 2.45) is 0 Å². The van der Waals surface area contributed by atoms with Crippen LogP contribution < -0.4 is 0 Å². The first-order chi connectivity index (χ1) is 5.25. The third kappa shape index (κ3) is 1.91. The Labute approximate surface area is 65.8 Å². The monoisotopic (exact) mass is 159 g/mol. The zero-order chi connectivity index (χ0) is 8.27. The van der Waals surface area contributed by atoms with E-state index in [0.29, 0.717) is 13.2 Å². The molecule has 0 spiro atoms. The van der Waals surface area contributed by atoms with E-state index in [2.05, 4.69) is 0 Å². The molecule has 4 nitrogen and oxygen atoms in total. The third-order valence-corrected chi connectivity index (χ3v) is 1.93. The molecule has 0 saturated carbocycles. The highest BCUT2D eigenvalue weighted by Gasteiger charge is 2.27. The van der Waals surface area contributed by atoms with Gasteiger partial charge >= 0.3 is 5.97 Å². The number of hydrogen-bond acceptors (Lipinski definition) is 3. The molecule has 1 saturated heterocycles. The number of rotatable bonds is 2. The molecule has 0 amide bonds. The number of carbonyl (C=O) groups is 1. The maximum atomic E-state index is 10.6. The molecule has 1 N–H and O–H groups in total. The summed E-state index contributed by atoms with van der Waals surface area (Å²) in [6.07, 6.45) is 0. The molecule has 11 heavy (non-hydrogen) atoms. The lowest BCUT2D eigenvalue weighted by Gasteiger charge is -2.31. The summed E-state index contributed by atoms with van der Waals surface area (Å²) in [6.45, 7) is 4.44. The highest BCUT2D eigenvalue weighted by Crippen LogP contribution is 2.05. The Morgan fingerprint density at radius 1 is 1.82 bits per heavy atom. The van der Waals surface area contributed by atoms with Crippen LogP contribution in [0.2, 0.25) is 0 Å². The molecule has 0 aromatic carbocycles. The Morgan fingerprint density at radius 2 is 2.55 bits per heavy atom. The summed E-state index contributed by atoms with van der Waals surface area (Å²) >= 11 is 0. The van der Waals surface area contributed by atoms with Gasteiger partial charge in [0.2, 0.25) is 0 Å². The van der Waals surface area contributed by atoms with Gasteiger partial charge in [-0.25, -0.2) is 0 Å². The summed E-state index contributed by atoms with van der Waals surface area (Å²) in [4.78, 5) is 12.5. The standard InChI is InChI=1S/C7H13NO3/c1-2-8-3-4-11-5-6(8)7(9)10/h6H,2-5H2,1H3,(H,9,10). The van der Waals surface area contributed by atoms with Gasteiger partial charge < -0.3 is 9.84 Å². The van der Waals surface area contributed by atoms with E-state index in [9.17, 15) is 4.79 Å². The zero-order valence-electron chi connectivity index (χ0n) is 6.62. The SMILES string of the molecule is CCN1CCOCC1C(=O)O. The van der Waals surface area contributed by atoms with Crippen LogP contribution in [0.4, 0.5) is 0 Å². The van der Waals surface area contributed by atoms with Crippen LogP contribution in [-0.2, 0) is 9.53 Å². The fourth-order valence-corrected chi connectivity index (χ4v) is 1.24. The smallest absolute Gasteiger partial charge is 0.323 e. The molecule has 0 aromatic rings. The topological polar surface area (TPSA) is 49.8 Å². The van der Waals surface area contributed by atoms with Crippen LogP contribution in [0.5, 0.6) is 0 Å². The van der Waals surface area contributed by atoms with Crippen LogP contribution in [0.15, 0.2) is 0 Å². The Bertz CT molecular complexity index is 149. The largest absolute Gasteiger partial charge is 0.480 e. The fourth-order valence-electron chi connectivity index (χ4n) is 1.24. The normalized spacial score (nSPS) is 26.8. The molecule has 1 aliphatic rings. The molecule has 0 aliphatic carbocycles. The van der Waals surface area contributed by atoms with Crippen LogP contribution in [-0.4, -0.2) is 48.3 Å². The molecule has 1 rings (SSSR count). The molecule has 0 aromatic heterocycles. The van der Waals surface area contributed by atoms with Crippen LogP contribution in [0, 0.1) is 0 Å². The molecule has 0 radical (unpaired) electrons.